The van der Waals surface area contributed by atoms with E-state index < -0.39 is 28.5 Å². The Bertz CT molecular complexity index is 1480. The lowest BCUT2D eigenvalue weighted by molar-refractivity contribution is -0.140. The van der Waals surface area contributed by atoms with E-state index in [0.29, 0.717) is 40.6 Å². The number of carbonyl (C=O) groups is 2. The normalized spacial score (nSPS) is 12.8. The van der Waals surface area contributed by atoms with Gasteiger partial charge in [0.05, 0.1) is 10.6 Å². The van der Waals surface area contributed by atoms with Crippen LogP contribution in [0.15, 0.2) is 71.6 Å². The van der Waals surface area contributed by atoms with Crippen molar-refractivity contribution in [3.8, 4) is 0 Å². The van der Waals surface area contributed by atoms with Crippen LogP contribution in [0.4, 0.5) is 5.69 Å². The van der Waals surface area contributed by atoms with Crippen LogP contribution in [0, 0.1) is 6.92 Å². The molecule has 0 saturated heterocycles. The molecule has 0 aliphatic carbocycles. The molecule has 0 heterocycles. The van der Waals surface area contributed by atoms with Gasteiger partial charge in [0.1, 0.15) is 12.6 Å². The van der Waals surface area contributed by atoms with Crippen molar-refractivity contribution in [3.63, 3.8) is 0 Å². The summed E-state index contributed by atoms with van der Waals surface area (Å²) in [5.41, 5.74) is 2.56. The molecule has 42 heavy (non-hydrogen) atoms. The first-order valence-electron chi connectivity index (χ1n) is 14.1. The van der Waals surface area contributed by atoms with E-state index in [4.69, 9.17) is 23.2 Å². The number of benzene rings is 3. The molecule has 2 atom stereocenters. The molecule has 226 valence electrons. The van der Waals surface area contributed by atoms with Crippen LogP contribution in [0.5, 0.6) is 0 Å². The fourth-order valence-electron chi connectivity index (χ4n) is 4.62. The lowest BCUT2D eigenvalue weighted by atomic mass is 10.1. The zero-order valence-corrected chi connectivity index (χ0v) is 27.1. The second-order valence-corrected chi connectivity index (χ2v) is 12.9. The summed E-state index contributed by atoms with van der Waals surface area (Å²) in [6.45, 7) is 8.85. The zero-order valence-electron chi connectivity index (χ0n) is 24.7. The molecule has 0 aliphatic rings. The summed E-state index contributed by atoms with van der Waals surface area (Å²) < 4.78 is 29.4. The van der Waals surface area contributed by atoms with E-state index in [1.54, 1.807) is 42.5 Å². The van der Waals surface area contributed by atoms with Crippen LogP contribution in [0.2, 0.25) is 10.0 Å². The predicted octanol–water partition coefficient (Wildman–Crippen LogP) is 6.78. The molecule has 10 heteroatoms. The molecule has 3 aromatic rings. The number of nitrogens with one attached hydrogen (secondary N) is 1. The van der Waals surface area contributed by atoms with Crippen molar-refractivity contribution < 1.29 is 18.0 Å². The highest BCUT2D eigenvalue weighted by Crippen LogP contribution is 2.30. The monoisotopic (exact) mass is 631 g/mol. The first-order chi connectivity index (χ1) is 19.9. The zero-order chi connectivity index (χ0) is 31.0. The third kappa shape index (κ3) is 7.85. The molecule has 1 N–H and O–H groups in total. The molecule has 0 aliphatic heterocycles. The third-order valence-electron chi connectivity index (χ3n) is 7.31. The number of nitrogens with zero attached hydrogens (tertiary/aromatic N) is 2. The van der Waals surface area contributed by atoms with E-state index in [9.17, 15) is 18.0 Å². The molecular formula is C32H39Cl2N3O4S. The highest BCUT2D eigenvalue weighted by atomic mass is 35.5. The van der Waals surface area contributed by atoms with Crippen LogP contribution in [-0.2, 0) is 32.6 Å². The SMILES string of the molecule is CCc1ccccc1N(CC(=O)N(Cc1c(Cl)cccc1Cl)[C@H](CC)C(=O)N[C@H](C)CC)S(=O)(=O)c1ccc(C)cc1. The van der Waals surface area contributed by atoms with Crippen LogP contribution < -0.4 is 9.62 Å². The first-order valence-corrected chi connectivity index (χ1v) is 16.3. The van der Waals surface area contributed by atoms with E-state index in [1.165, 1.54) is 17.0 Å². The number of anilines is 1. The predicted molar refractivity (Wildman–Crippen MR) is 171 cm³/mol. The van der Waals surface area contributed by atoms with Gasteiger partial charge in [-0.1, -0.05) is 85.9 Å². The van der Waals surface area contributed by atoms with Gasteiger partial charge in [0.2, 0.25) is 11.8 Å². The van der Waals surface area contributed by atoms with Gasteiger partial charge >= 0.3 is 0 Å². The smallest absolute Gasteiger partial charge is 0.264 e. The van der Waals surface area contributed by atoms with Gasteiger partial charge in [-0.3, -0.25) is 13.9 Å². The van der Waals surface area contributed by atoms with E-state index in [1.807, 2.05) is 46.8 Å². The largest absolute Gasteiger partial charge is 0.352 e. The maximum atomic E-state index is 14.3. The topological polar surface area (TPSA) is 86.8 Å². The Kier molecular flexibility index (Phi) is 11.9. The fraction of sp³-hybridized carbons (Fsp3) is 0.375. The molecule has 0 saturated carbocycles. The molecule has 0 spiro atoms. The van der Waals surface area contributed by atoms with Crippen LogP contribution >= 0.6 is 23.2 Å². The molecular weight excluding hydrogens is 593 g/mol. The Labute approximate surface area is 259 Å². The van der Waals surface area contributed by atoms with Gasteiger partial charge in [0.15, 0.2) is 0 Å². The number of halogens is 2. The summed E-state index contributed by atoms with van der Waals surface area (Å²) in [6, 6.07) is 17.6. The molecule has 3 rings (SSSR count). The average molecular weight is 633 g/mol. The average Bonchev–Trinajstić information content (AvgIpc) is 2.97. The first kappa shape index (κ1) is 33.4. The lowest BCUT2D eigenvalue weighted by Gasteiger charge is -2.34. The summed E-state index contributed by atoms with van der Waals surface area (Å²) in [7, 11) is -4.16. The van der Waals surface area contributed by atoms with Gasteiger partial charge in [-0.25, -0.2) is 8.42 Å². The number of aryl methyl sites for hydroxylation is 2. The van der Waals surface area contributed by atoms with Gasteiger partial charge < -0.3 is 10.2 Å². The maximum absolute atomic E-state index is 14.3. The maximum Gasteiger partial charge on any atom is 0.264 e. The van der Waals surface area contributed by atoms with Crippen molar-refractivity contribution in [1.82, 2.24) is 10.2 Å². The highest BCUT2D eigenvalue weighted by Gasteiger charge is 2.35. The molecule has 0 unspecified atom stereocenters. The van der Waals surface area contributed by atoms with Gasteiger partial charge in [-0.2, -0.15) is 0 Å². The Morgan fingerprint density at radius 2 is 1.50 bits per heavy atom. The Morgan fingerprint density at radius 3 is 2.07 bits per heavy atom. The quantitative estimate of drug-likeness (QED) is 0.225. The Balaban J connectivity index is 2.14. The minimum atomic E-state index is -4.16. The Morgan fingerprint density at radius 1 is 0.881 bits per heavy atom. The second kappa shape index (κ2) is 14.9. The van der Waals surface area contributed by atoms with Crippen molar-refractivity contribution in [2.45, 2.75) is 77.4 Å². The van der Waals surface area contributed by atoms with Gasteiger partial charge in [0.25, 0.3) is 10.0 Å². The van der Waals surface area contributed by atoms with Gasteiger partial charge in [-0.15, -0.1) is 0 Å². The van der Waals surface area contributed by atoms with Gasteiger partial charge in [-0.05, 0) is 69.0 Å². The van der Waals surface area contributed by atoms with Crippen molar-refractivity contribution in [1.29, 1.82) is 0 Å². The second-order valence-electron chi connectivity index (χ2n) is 10.3. The molecule has 0 fully saturated rings. The van der Waals surface area contributed by atoms with Crippen molar-refractivity contribution >= 4 is 50.7 Å². The molecule has 7 nitrogen and oxygen atoms in total. The van der Waals surface area contributed by atoms with Crippen LogP contribution in [0.25, 0.3) is 0 Å². The number of hydrogen-bond acceptors (Lipinski definition) is 4. The number of carbonyl (C=O) groups excluding carboxylic acids is 2. The summed E-state index contributed by atoms with van der Waals surface area (Å²) in [5, 5.41) is 3.66. The van der Waals surface area contributed by atoms with E-state index in [-0.39, 0.29) is 23.4 Å². The van der Waals surface area contributed by atoms with Crippen molar-refractivity contribution in [3.05, 3.63) is 93.5 Å². The highest BCUT2D eigenvalue weighted by molar-refractivity contribution is 7.92. The number of para-hydroxylation sites is 1. The lowest BCUT2D eigenvalue weighted by Crippen LogP contribution is -2.53. The van der Waals surface area contributed by atoms with E-state index >= 15 is 0 Å². The number of amides is 2. The van der Waals surface area contributed by atoms with Crippen LogP contribution in [0.3, 0.4) is 0 Å². The number of hydrogen-bond donors (Lipinski definition) is 1. The standard InChI is InChI=1S/C32H39Cl2N3O4S/c1-6-23(5)35-32(39)29(8-3)36(20-26-27(33)13-11-14-28(26)34)31(38)21-37(30-15-10-9-12-24(30)7-2)42(40,41)25-18-16-22(4)17-19-25/h9-19,23,29H,6-8,20-21H2,1-5H3,(H,35,39)/t23-,29-/m1/s1. The minimum Gasteiger partial charge on any atom is -0.352 e. The number of rotatable bonds is 13. The van der Waals surface area contributed by atoms with Crippen molar-refractivity contribution in [2.24, 2.45) is 0 Å². The minimum absolute atomic E-state index is 0.0639. The molecule has 0 aromatic heterocycles. The molecule has 0 radical (unpaired) electrons. The van der Waals surface area contributed by atoms with Crippen LogP contribution in [-0.4, -0.2) is 43.8 Å². The summed E-state index contributed by atoms with van der Waals surface area (Å²) in [5.74, 6) is -0.885. The molecule has 3 aromatic carbocycles. The summed E-state index contributed by atoms with van der Waals surface area (Å²) >= 11 is 13.0. The van der Waals surface area contributed by atoms with Crippen LogP contribution in [0.1, 0.15) is 57.2 Å². The molecule has 0 bridgehead atoms. The third-order valence-corrected chi connectivity index (χ3v) is 9.79. The molecule has 2 amide bonds. The van der Waals surface area contributed by atoms with E-state index in [2.05, 4.69) is 5.32 Å². The number of sulfonamides is 1. The van der Waals surface area contributed by atoms with Gasteiger partial charge in [0, 0.05) is 28.2 Å². The fourth-order valence-corrected chi connectivity index (χ4v) is 6.59. The van der Waals surface area contributed by atoms with Crippen molar-refractivity contribution in [2.75, 3.05) is 10.8 Å². The van der Waals surface area contributed by atoms with E-state index in [0.717, 1.165) is 15.4 Å². The summed E-state index contributed by atoms with van der Waals surface area (Å²) in [6.07, 6.45) is 1.56. The Hall–Kier alpha value is -3.07. The summed E-state index contributed by atoms with van der Waals surface area (Å²) in [4.78, 5) is 29.2.